The van der Waals surface area contributed by atoms with Crippen molar-refractivity contribution in [3.63, 3.8) is 0 Å². The minimum Gasteiger partial charge on any atom is -0.352 e. The number of hydrogen-bond acceptors (Lipinski definition) is 4. The Hall–Kier alpha value is -3.25. The van der Waals surface area contributed by atoms with E-state index in [9.17, 15) is 9.59 Å². The fraction of sp³-hybridized carbons (Fsp3) is 0.240. The van der Waals surface area contributed by atoms with E-state index < -0.39 is 0 Å². The van der Waals surface area contributed by atoms with Gasteiger partial charge < -0.3 is 5.32 Å². The van der Waals surface area contributed by atoms with Crippen LogP contribution < -0.4 is 10.2 Å². The zero-order valence-electron chi connectivity index (χ0n) is 18.0. The van der Waals surface area contributed by atoms with Crippen LogP contribution >= 0.6 is 11.3 Å². The number of carbonyl (C=O) groups is 2. The quantitative estimate of drug-likeness (QED) is 0.484. The van der Waals surface area contributed by atoms with Crippen LogP contribution in [-0.4, -0.2) is 23.3 Å². The van der Waals surface area contributed by atoms with Gasteiger partial charge in [0, 0.05) is 30.8 Å². The smallest absolute Gasteiger partial charge is 0.244 e. The van der Waals surface area contributed by atoms with Gasteiger partial charge in [0.25, 0.3) is 0 Å². The number of hydrogen-bond donors (Lipinski definition) is 1. The van der Waals surface area contributed by atoms with E-state index in [2.05, 4.69) is 36.3 Å². The lowest BCUT2D eigenvalue weighted by molar-refractivity contribution is -0.117. The van der Waals surface area contributed by atoms with Crippen molar-refractivity contribution in [2.75, 3.05) is 11.4 Å². The van der Waals surface area contributed by atoms with Crippen molar-refractivity contribution >= 4 is 40.0 Å². The number of aromatic nitrogens is 1. The molecule has 160 valence electrons. The van der Waals surface area contributed by atoms with Gasteiger partial charge in [0.1, 0.15) is 0 Å². The van der Waals surface area contributed by atoms with E-state index in [0.717, 1.165) is 5.69 Å². The molecule has 0 spiro atoms. The number of benzene rings is 2. The molecule has 0 saturated heterocycles. The Morgan fingerprint density at radius 3 is 2.32 bits per heavy atom. The summed E-state index contributed by atoms with van der Waals surface area (Å²) in [7, 11) is 0. The molecule has 2 aromatic carbocycles. The summed E-state index contributed by atoms with van der Waals surface area (Å²) in [5.41, 5.74) is 2.62. The molecule has 6 heteroatoms. The Balaban J connectivity index is 1.64. The monoisotopic (exact) mass is 433 g/mol. The van der Waals surface area contributed by atoms with Gasteiger partial charge in [-0.25, -0.2) is 4.98 Å². The highest BCUT2D eigenvalue weighted by Crippen LogP contribution is 2.29. The average Bonchev–Trinajstić information content (AvgIpc) is 3.22. The van der Waals surface area contributed by atoms with Gasteiger partial charge in [-0.1, -0.05) is 62.4 Å². The third kappa shape index (κ3) is 6.12. The molecule has 3 rings (SSSR count). The van der Waals surface area contributed by atoms with Gasteiger partial charge in [-0.05, 0) is 29.7 Å². The van der Waals surface area contributed by atoms with E-state index in [1.165, 1.54) is 29.9 Å². The van der Waals surface area contributed by atoms with Crippen LogP contribution in [0.15, 0.2) is 72.1 Å². The Labute approximate surface area is 187 Å². The average molecular weight is 434 g/mol. The van der Waals surface area contributed by atoms with Crippen molar-refractivity contribution in [3.05, 3.63) is 83.4 Å². The molecule has 0 bridgehead atoms. The molecule has 5 nitrogen and oxygen atoms in total. The SMILES string of the molecule is CC(=O)N(c1ccccc1)c1nc(/C=C/C(=O)NCC(c2ccccc2)C(C)C)cs1. The lowest BCUT2D eigenvalue weighted by atomic mass is 9.88. The van der Waals surface area contributed by atoms with Crippen molar-refractivity contribution in [1.29, 1.82) is 0 Å². The van der Waals surface area contributed by atoms with Crippen LogP contribution in [0.3, 0.4) is 0 Å². The molecular formula is C25H27N3O2S. The molecule has 1 unspecified atom stereocenters. The normalized spacial score (nSPS) is 12.1. The van der Waals surface area contributed by atoms with E-state index >= 15 is 0 Å². The maximum atomic E-state index is 12.4. The Morgan fingerprint density at radius 1 is 1.06 bits per heavy atom. The number of nitrogens with one attached hydrogen (secondary N) is 1. The van der Waals surface area contributed by atoms with Gasteiger partial charge >= 0.3 is 0 Å². The lowest BCUT2D eigenvalue weighted by Crippen LogP contribution is -2.29. The molecule has 0 saturated carbocycles. The molecule has 3 aromatic rings. The molecule has 1 aromatic heterocycles. The Kier molecular flexibility index (Phi) is 7.73. The second kappa shape index (κ2) is 10.7. The summed E-state index contributed by atoms with van der Waals surface area (Å²) in [5.74, 6) is 0.375. The van der Waals surface area contributed by atoms with Gasteiger partial charge in [0.15, 0.2) is 5.13 Å². The van der Waals surface area contributed by atoms with Crippen LogP contribution in [0.25, 0.3) is 6.08 Å². The number of carbonyl (C=O) groups excluding carboxylic acids is 2. The second-order valence-corrected chi connectivity index (χ2v) is 8.42. The number of anilines is 2. The molecule has 0 fully saturated rings. The van der Waals surface area contributed by atoms with E-state index in [1.54, 1.807) is 11.0 Å². The van der Waals surface area contributed by atoms with Crippen LogP contribution in [0.2, 0.25) is 0 Å². The summed E-state index contributed by atoms with van der Waals surface area (Å²) >= 11 is 1.36. The second-order valence-electron chi connectivity index (χ2n) is 7.58. The molecule has 1 heterocycles. The zero-order chi connectivity index (χ0) is 22.2. The van der Waals surface area contributed by atoms with Crippen molar-refractivity contribution in [1.82, 2.24) is 10.3 Å². The topological polar surface area (TPSA) is 62.3 Å². The summed E-state index contributed by atoms with van der Waals surface area (Å²) < 4.78 is 0. The van der Waals surface area contributed by atoms with E-state index in [4.69, 9.17) is 0 Å². The lowest BCUT2D eigenvalue weighted by Gasteiger charge is -2.21. The minimum absolute atomic E-state index is 0.116. The Morgan fingerprint density at radius 2 is 1.71 bits per heavy atom. The number of nitrogens with zero attached hydrogens (tertiary/aromatic N) is 2. The number of thiazole rings is 1. The number of amides is 2. The van der Waals surface area contributed by atoms with E-state index in [-0.39, 0.29) is 17.7 Å². The molecule has 0 aliphatic heterocycles. The summed E-state index contributed by atoms with van der Waals surface area (Å²) in [6.45, 7) is 6.39. The van der Waals surface area contributed by atoms with Crippen molar-refractivity contribution in [2.45, 2.75) is 26.7 Å². The number of rotatable bonds is 8. The highest BCUT2D eigenvalue weighted by molar-refractivity contribution is 7.14. The molecule has 0 aliphatic carbocycles. The molecule has 0 aliphatic rings. The fourth-order valence-corrected chi connectivity index (χ4v) is 4.18. The number of para-hydroxylation sites is 1. The molecular weight excluding hydrogens is 406 g/mol. The standard InChI is InChI=1S/C25H27N3O2S/c1-18(2)23(20-10-6-4-7-11-20)16-26-24(30)15-14-21-17-31-25(27-21)28(19(3)29)22-12-8-5-9-13-22/h4-15,17-18,23H,16H2,1-3H3,(H,26,30)/b15-14+. The van der Waals surface area contributed by atoms with Crippen molar-refractivity contribution < 1.29 is 9.59 Å². The maximum Gasteiger partial charge on any atom is 0.244 e. The summed E-state index contributed by atoms with van der Waals surface area (Å²) in [6.07, 6.45) is 3.16. The van der Waals surface area contributed by atoms with Gasteiger partial charge in [0.05, 0.1) is 11.4 Å². The molecule has 31 heavy (non-hydrogen) atoms. The summed E-state index contributed by atoms with van der Waals surface area (Å²) in [6, 6.07) is 19.6. The first-order chi connectivity index (χ1) is 15.0. The third-order valence-electron chi connectivity index (χ3n) is 4.96. The van der Waals surface area contributed by atoms with Gasteiger partial charge in [-0.15, -0.1) is 11.3 Å². The first kappa shape index (κ1) is 22.4. The van der Waals surface area contributed by atoms with Crippen molar-refractivity contribution in [2.24, 2.45) is 5.92 Å². The highest BCUT2D eigenvalue weighted by atomic mass is 32.1. The predicted molar refractivity (Wildman–Crippen MR) is 127 cm³/mol. The summed E-state index contributed by atoms with van der Waals surface area (Å²) in [5, 5.41) is 5.40. The molecule has 1 atom stereocenters. The van der Waals surface area contributed by atoms with Crippen LogP contribution in [0, 0.1) is 5.92 Å². The predicted octanol–water partition coefficient (Wildman–Crippen LogP) is 5.40. The van der Waals surface area contributed by atoms with E-state index in [0.29, 0.717) is 23.3 Å². The van der Waals surface area contributed by atoms with Crippen LogP contribution in [-0.2, 0) is 9.59 Å². The minimum atomic E-state index is -0.164. The van der Waals surface area contributed by atoms with Crippen LogP contribution in [0.4, 0.5) is 10.8 Å². The largest absolute Gasteiger partial charge is 0.352 e. The first-order valence-electron chi connectivity index (χ1n) is 10.3. The Bertz CT molecular complexity index is 1030. The summed E-state index contributed by atoms with van der Waals surface area (Å²) in [4.78, 5) is 30.6. The third-order valence-corrected chi connectivity index (χ3v) is 5.81. The van der Waals surface area contributed by atoms with Gasteiger partial charge in [-0.2, -0.15) is 0 Å². The van der Waals surface area contributed by atoms with Gasteiger partial charge in [0.2, 0.25) is 11.8 Å². The van der Waals surface area contributed by atoms with Crippen molar-refractivity contribution in [3.8, 4) is 0 Å². The fourth-order valence-electron chi connectivity index (χ4n) is 3.33. The van der Waals surface area contributed by atoms with Gasteiger partial charge in [-0.3, -0.25) is 14.5 Å². The maximum absolute atomic E-state index is 12.4. The van der Waals surface area contributed by atoms with Crippen LogP contribution in [0.1, 0.15) is 37.9 Å². The zero-order valence-corrected chi connectivity index (χ0v) is 18.8. The van der Waals surface area contributed by atoms with Crippen LogP contribution in [0.5, 0.6) is 0 Å². The molecule has 1 N–H and O–H groups in total. The highest BCUT2D eigenvalue weighted by Gasteiger charge is 2.18. The van der Waals surface area contributed by atoms with E-state index in [1.807, 2.05) is 53.9 Å². The molecule has 2 amide bonds. The first-order valence-corrected chi connectivity index (χ1v) is 11.2. The molecule has 0 radical (unpaired) electrons.